The summed E-state index contributed by atoms with van der Waals surface area (Å²) in [6, 6.07) is 7.52. The van der Waals surface area contributed by atoms with E-state index in [9.17, 15) is 9.90 Å². The molecule has 0 unspecified atom stereocenters. The number of aromatic nitrogens is 1. The monoisotopic (exact) mass is 286 g/mol. The van der Waals surface area contributed by atoms with E-state index in [-0.39, 0.29) is 0 Å². The van der Waals surface area contributed by atoms with Gasteiger partial charge in [0.25, 0.3) is 0 Å². The Morgan fingerprint density at radius 1 is 1.38 bits per heavy atom. The van der Waals surface area contributed by atoms with Crippen molar-refractivity contribution < 1.29 is 14.4 Å². The molecule has 2 heterocycles. The molecule has 110 valence electrons. The molecule has 0 radical (unpaired) electrons. The van der Waals surface area contributed by atoms with Gasteiger partial charge in [0.05, 0.1) is 5.69 Å². The van der Waals surface area contributed by atoms with Crippen molar-refractivity contribution in [3.63, 3.8) is 0 Å². The van der Waals surface area contributed by atoms with Gasteiger partial charge in [0.1, 0.15) is 11.8 Å². The Hall–Kier alpha value is -2.14. The van der Waals surface area contributed by atoms with E-state index in [1.807, 2.05) is 36.9 Å². The third-order valence-corrected chi connectivity index (χ3v) is 4.17. The minimum atomic E-state index is -0.781. The highest BCUT2D eigenvalue weighted by Gasteiger charge is 2.32. The van der Waals surface area contributed by atoms with Gasteiger partial charge in [-0.05, 0) is 31.4 Å². The normalized spacial score (nSPS) is 18.5. The maximum atomic E-state index is 11.6. The fraction of sp³-hybridized carbons (Fsp3) is 0.375. The lowest BCUT2D eigenvalue weighted by Crippen LogP contribution is -2.45. The van der Waals surface area contributed by atoms with Crippen LogP contribution in [-0.4, -0.2) is 27.2 Å². The standard InChI is InChI=1S/C16H18N2O3/c1-10-14(11(2)21-17-10)9-18-8-13-6-4-3-5-12(13)7-15(18)16(19)20/h3-6,15H,7-9H2,1-2H3,(H,19,20)/t15-/m0/s1. The van der Waals surface area contributed by atoms with E-state index < -0.39 is 12.0 Å². The molecule has 0 amide bonds. The summed E-state index contributed by atoms with van der Waals surface area (Å²) in [5.74, 6) is -0.0215. The van der Waals surface area contributed by atoms with Crippen LogP contribution >= 0.6 is 0 Å². The van der Waals surface area contributed by atoms with Gasteiger partial charge in [0.15, 0.2) is 0 Å². The quantitative estimate of drug-likeness (QED) is 0.937. The first-order valence-electron chi connectivity index (χ1n) is 7.01. The van der Waals surface area contributed by atoms with E-state index in [4.69, 9.17) is 4.52 Å². The Morgan fingerprint density at radius 2 is 2.10 bits per heavy atom. The van der Waals surface area contributed by atoms with Crippen molar-refractivity contribution >= 4 is 5.97 Å². The van der Waals surface area contributed by atoms with Gasteiger partial charge in [-0.1, -0.05) is 29.4 Å². The van der Waals surface area contributed by atoms with Crippen molar-refractivity contribution in [3.05, 3.63) is 52.4 Å². The van der Waals surface area contributed by atoms with E-state index >= 15 is 0 Å². The smallest absolute Gasteiger partial charge is 0.321 e. The lowest BCUT2D eigenvalue weighted by Gasteiger charge is -2.34. The highest BCUT2D eigenvalue weighted by Crippen LogP contribution is 2.26. The highest BCUT2D eigenvalue weighted by atomic mass is 16.5. The van der Waals surface area contributed by atoms with Crippen molar-refractivity contribution in [2.45, 2.75) is 39.4 Å². The number of carbonyl (C=O) groups is 1. The average Bonchev–Trinajstić information content (AvgIpc) is 2.78. The summed E-state index contributed by atoms with van der Waals surface area (Å²) < 4.78 is 5.18. The molecule has 1 atom stereocenters. The Bertz CT molecular complexity index is 658. The molecule has 2 aromatic rings. The summed E-state index contributed by atoms with van der Waals surface area (Å²) in [7, 11) is 0. The molecule has 0 spiro atoms. The van der Waals surface area contributed by atoms with E-state index in [1.54, 1.807) is 0 Å². The predicted molar refractivity (Wildman–Crippen MR) is 76.8 cm³/mol. The number of hydrogen-bond acceptors (Lipinski definition) is 4. The van der Waals surface area contributed by atoms with Gasteiger partial charge in [-0.3, -0.25) is 9.69 Å². The number of aliphatic carboxylic acids is 1. The number of carboxylic acid groups (broad SMARTS) is 1. The molecule has 1 aliphatic rings. The van der Waals surface area contributed by atoms with Crippen molar-refractivity contribution in [1.82, 2.24) is 10.1 Å². The molecule has 3 rings (SSSR count). The zero-order valence-electron chi connectivity index (χ0n) is 12.2. The molecule has 0 bridgehead atoms. The van der Waals surface area contributed by atoms with Crippen LogP contribution in [0.5, 0.6) is 0 Å². The van der Waals surface area contributed by atoms with Crippen LogP contribution in [0.3, 0.4) is 0 Å². The van der Waals surface area contributed by atoms with Crippen molar-refractivity contribution in [1.29, 1.82) is 0 Å². The van der Waals surface area contributed by atoms with Crippen LogP contribution in [0.15, 0.2) is 28.8 Å². The highest BCUT2D eigenvalue weighted by molar-refractivity contribution is 5.74. The summed E-state index contributed by atoms with van der Waals surface area (Å²) in [6.45, 7) is 4.94. The Kier molecular flexibility index (Phi) is 3.51. The topological polar surface area (TPSA) is 66.6 Å². The first kappa shape index (κ1) is 13.8. The summed E-state index contributed by atoms with van der Waals surface area (Å²) in [5, 5.41) is 13.5. The average molecular weight is 286 g/mol. The number of rotatable bonds is 3. The zero-order chi connectivity index (χ0) is 15.0. The van der Waals surface area contributed by atoms with Gasteiger partial charge in [0.2, 0.25) is 0 Å². The Morgan fingerprint density at radius 3 is 2.71 bits per heavy atom. The van der Waals surface area contributed by atoms with Gasteiger partial charge in [-0.15, -0.1) is 0 Å². The molecule has 0 fully saturated rings. The summed E-state index contributed by atoms with van der Waals surface area (Å²) in [6.07, 6.45) is 0.537. The van der Waals surface area contributed by atoms with E-state index in [0.717, 1.165) is 22.6 Å². The molecule has 1 aliphatic heterocycles. The fourth-order valence-corrected chi connectivity index (χ4v) is 2.92. The minimum Gasteiger partial charge on any atom is -0.480 e. The van der Waals surface area contributed by atoms with Gasteiger partial charge < -0.3 is 9.63 Å². The van der Waals surface area contributed by atoms with Crippen LogP contribution in [0, 0.1) is 13.8 Å². The summed E-state index contributed by atoms with van der Waals surface area (Å²) >= 11 is 0. The maximum Gasteiger partial charge on any atom is 0.321 e. The van der Waals surface area contributed by atoms with E-state index in [2.05, 4.69) is 11.2 Å². The molecule has 21 heavy (non-hydrogen) atoms. The maximum absolute atomic E-state index is 11.6. The third-order valence-electron chi connectivity index (χ3n) is 4.17. The van der Waals surface area contributed by atoms with Crippen molar-refractivity contribution in [2.24, 2.45) is 0 Å². The molecule has 1 aromatic carbocycles. The van der Waals surface area contributed by atoms with Crippen LogP contribution in [0.25, 0.3) is 0 Å². The fourth-order valence-electron chi connectivity index (χ4n) is 2.92. The number of carboxylic acids is 1. The molecule has 0 saturated heterocycles. The molecular weight excluding hydrogens is 268 g/mol. The van der Waals surface area contributed by atoms with Crippen LogP contribution in [0.1, 0.15) is 28.1 Å². The lowest BCUT2D eigenvalue weighted by atomic mass is 9.93. The Labute approximate surface area is 123 Å². The van der Waals surface area contributed by atoms with Gasteiger partial charge in [0, 0.05) is 18.7 Å². The second-order valence-corrected chi connectivity index (χ2v) is 5.53. The number of benzene rings is 1. The third kappa shape index (κ3) is 2.56. The van der Waals surface area contributed by atoms with Gasteiger partial charge in [-0.25, -0.2) is 0 Å². The summed E-state index contributed by atoms with van der Waals surface area (Å²) in [4.78, 5) is 13.6. The van der Waals surface area contributed by atoms with E-state index in [0.29, 0.717) is 19.5 Å². The molecule has 0 aliphatic carbocycles. The van der Waals surface area contributed by atoms with Gasteiger partial charge in [-0.2, -0.15) is 0 Å². The Balaban J connectivity index is 1.91. The first-order valence-corrected chi connectivity index (χ1v) is 7.01. The van der Waals surface area contributed by atoms with Crippen molar-refractivity contribution in [2.75, 3.05) is 0 Å². The van der Waals surface area contributed by atoms with Crippen molar-refractivity contribution in [3.8, 4) is 0 Å². The largest absolute Gasteiger partial charge is 0.480 e. The SMILES string of the molecule is Cc1noc(C)c1CN1Cc2ccccc2C[C@H]1C(=O)O. The van der Waals surface area contributed by atoms with E-state index in [1.165, 1.54) is 5.56 Å². The minimum absolute atomic E-state index is 0.506. The predicted octanol–water partition coefficient (Wildman–Crippen LogP) is 2.30. The number of fused-ring (bicyclic) bond motifs is 1. The molecule has 1 aromatic heterocycles. The van der Waals surface area contributed by atoms with Crippen LogP contribution in [0.4, 0.5) is 0 Å². The van der Waals surface area contributed by atoms with Crippen LogP contribution in [0.2, 0.25) is 0 Å². The second kappa shape index (κ2) is 5.33. The molecule has 5 heteroatoms. The summed E-state index contributed by atoms with van der Waals surface area (Å²) in [5.41, 5.74) is 4.14. The lowest BCUT2D eigenvalue weighted by molar-refractivity contribution is -0.144. The number of aryl methyl sites for hydroxylation is 2. The zero-order valence-corrected chi connectivity index (χ0v) is 12.2. The van der Waals surface area contributed by atoms with Crippen LogP contribution < -0.4 is 0 Å². The number of nitrogens with zero attached hydrogens (tertiary/aromatic N) is 2. The van der Waals surface area contributed by atoms with Gasteiger partial charge >= 0.3 is 5.97 Å². The molecular formula is C16H18N2O3. The molecule has 1 N–H and O–H groups in total. The first-order chi connectivity index (χ1) is 10.1. The molecule has 5 nitrogen and oxygen atoms in total. The van der Waals surface area contributed by atoms with Crippen LogP contribution in [-0.2, 0) is 24.3 Å². The number of hydrogen-bond donors (Lipinski definition) is 1. The molecule has 0 saturated carbocycles. The second-order valence-electron chi connectivity index (χ2n) is 5.53.